The second-order valence-electron chi connectivity index (χ2n) is 4.34. The Morgan fingerprint density at radius 3 is 2.24 bits per heavy atom. The zero-order valence-corrected chi connectivity index (χ0v) is 12.5. The van der Waals surface area contributed by atoms with Crippen molar-refractivity contribution in [3.8, 4) is 0 Å². The summed E-state index contributed by atoms with van der Waals surface area (Å²) in [6.07, 6.45) is 1.66. The molecule has 0 aliphatic carbocycles. The zero-order chi connectivity index (χ0) is 15.2. The Morgan fingerprint density at radius 1 is 0.952 bits per heavy atom. The van der Waals surface area contributed by atoms with E-state index < -0.39 is 0 Å². The smallest absolute Gasteiger partial charge is 0.225 e. The highest BCUT2D eigenvalue weighted by Gasteiger charge is 2.10. The van der Waals surface area contributed by atoms with Crippen LogP contribution in [0.15, 0.2) is 42.6 Å². The van der Waals surface area contributed by atoms with Crippen molar-refractivity contribution in [3.63, 3.8) is 0 Å². The molecular weight excluding hydrogens is 311 g/mol. The summed E-state index contributed by atoms with van der Waals surface area (Å²) in [5, 5.41) is 3.66. The quantitative estimate of drug-likeness (QED) is 0.847. The van der Waals surface area contributed by atoms with Crippen LogP contribution < -0.4 is 5.32 Å². The van der Waals surface area contributed by atoms with E-state index in [0.717, 1.165) is 0 Å². The van der Waals surface area contributed by atoms with Gasteiger partial charge in [0.2, 0.25) is 5.91 Å². The third-order valence-corrected chi connectivity index (χ3v) is 3.22. The fraction of sp³-hybridized carbons (Fsp3) is 0.133. The molecule has 2 aromatic rings. The third kappa shape index (κ3) is 4.85. The minimum Gasteiger partial charge on any atom is -0.311 e. The summed E-state index contributed by atoms with van der Waals surface area (Å²) < 4.78 is 0. The molecule has 0 atom stereocenters. The molecule has 4 nitrogen and oxygen atoms in total. The van der Waals surface area contributed by atoms with E-state index in [1.54, 1.807) is 36.4 Å². The van der Waals surface area contributed by atoms with Gasteiger partial charge in [0, 0.05) is 29.6 Å². The number of rotatable bonds is 5. The van der Waals surface area contributed by atoms with E-state index in [9.17, 15) is 9.59 Å². The lowest BCUT2D eigenvalue weighted by molar-refractivity contribution is -0.116. The van der Waals surface area contributed by atoms with Gasteiger partial charge in [-0.1, -0.05) is 23.2 Å². The minimum absolute atomic E-state index is 0.0891. The lowest BCUT2D eigenvalue weighted by Gasteiger charge is -2.04. The second-order valence-corrected chi connectivity index (χ2v) is 5.21. The Hall–Kier alpha value is -1.91. The van der Waals surface area contributed by atoms with Gasteiger partial charge in [-0.05, 0) is 36.4 Å². The zero-order valence-electron chi connectivity index (χ0n) is 11.0. The first-order valence-corrected chi connectivity index (χ1v) is 7.00. The number of amides is 1. The number of carbonyl (C=O) groups is 2. The van der Waals surface area contributed by atoms with Crippen molar-refractivity contribution in [2.45, 2.75) is 12.8 Å². The maximum absolute atomic E-state index is 11.9. The molecule has 108 valence electrons. The number of benzene rings is 1. The molecule has 1 heterocycles. The maximum Gasteiger partial charge on any atom is 0.225 e. The number of Topliss-reactive ketones (excluding diaryl/α,β-unsaturated/α-hetero) is 1. The summed E-state index contributed by atoms with van der Waals surface area (Å²) in [5.74, 6) is 0.0290. The first-order chi connectivity index (χ1) is 10.0. The van der Waals surface area contributed by atoms with E-state index in [2.05, 4.69) is 10.3 Å². The lowest BCUT2D eigenvalue weighted by atomic mass is 10.1. The number of carbonyl (C=O) groups excluding carboxylic acids is 2. The van der Waals surface area contributed by atoms with Crippen molar-refractivity contribution in [2.24, 2.45) is 0 Å². The van der Waals surface area contributed by atoms with E-state index in [4.69, 9.17) is 23.2 Å². The maximum atomic E-state index is 11.9. The number of ketones is 1. The summed E-state index contributed by atoms with van der Waals surface area (Å²) in [6.45, 7) is 0. The molecule has 1 N–H and O–H groups in total. The number of pyridine rings is 1. The normalized spacial score (nSPS) is 10.2. The molecule has 1 aromatic carbocycles. The molecule has 0 unspecified atom stereocenters. The number of halogens is 2. The SMILES string of the molecule is O=C(CCC(=O)c1ccc(Cl)cc1)Nc1ccc(Cl)cn1. The largest absolute Gasteiger partial charge is 0.311 e. The fourth-order valence-electron chi connectivity index (χ4n) is 1.66. The topological polar surface area (TPSA) is 59.1 Å². The van der Waals surface area contributed by atoms with Crippen LogP contribution in [0.1, 0.15) is 23.2 Å². The number of nitrogens with zero attached hydrogens (tertiary/aromatic N) is 1. The molecular formula is C15H12Cl2N2O2. The lowest BCUT2D eigenvalue weighted by Crippen LogP contribution is -2.14. The highest BCUT2D eigenvalue weighted by molar-refractivity contribution is 6.30. The van der Waals surface area contributed by atoms with Gasteiger partial charge in [-0.15, -0.1) is 0 Å². The predicted octanol–water partition coefficient (Wildman–Crippen LogP) is 3.99. The van der Waals surface area contributed by atoms with Gasteiger partial charge in [0.15, 0.2) is 5.78 Å². The summed E-state index contributed by atoms with van der Waals surface area (Å²) >= 11 is 11.5. The van der Waals surface area contributed by atoms with Crippen molar-refractivity contribution >= 4 is 40.7 Å². The van der Waals surface area contributed by atoms with Crippen LogP contribution in [-0.4, -0.2) is 16.7 Å². The van der Waals surface area contributed by atoms with Gasteiger partial charge in [0.1, 0.15) is 5.82 Å². The van der Waals surface area contributed by atoms with Crippen LogP contribution in [0.4, 0.5) is 5.82 Å². The van der Waals surface area contributed by atoms with Crippen molar-refractivity contribution in [1.82, 2.24) is 4.98 Å². The van der Waals surface area contributed by atoms with Crippen molar-refractivity contribution < 1.29 is 9.59 Å². The first-order valence-electron chi connectivity index (χ1n) is 6.25. The Morgan fingerprint density at radius 2 is 1.62 bits per heavy atom. The fourth-order valence-corrected chi connectivity index (χ4v) is 1.90. The van der Waals surface area contributed by atoms with Crippen LogP contribution in [0.2, 0.25) is 10.0 Å². The molecule has 0 aliphatic heterocycles. The minimum atomic E-state index is -0.271. The van der Waals surface area contributed by atoms with Crippen LogP contribution in [-0.2, 0) is 4.79 Å². The highest BCUT2D eigenvalue weighted by atomic mass is 35.5. The molecule has 21 heavy (non-hydrogen) atoms. The summed E-state index contributed by atoms with van der Waals surface area (Å²) in [6, 6.07) is 9.80. The van der Waals surface area contributed by atoms with E-state index in [1.807, 2.05) is 0 Å². The van der Waals surface area contributed by atoms with Crippen LogP contribution >= 0.6 is 23.2 Å². The van der Waals surface area contributed by atoms with Gasteiger partial charge in [0.05, 0.1) is 5.02 Å². The van der Waals surface area contributed by atoms with Gasteiger partial charge < -0.3 is 5.32 Å². The Balaban J connectivity index is 1.84. The van der Waals surface area contributed by atoms with Gasteiger partial charge in [-0.25, -0.2) is 4.98 Å². The van der Waals surface area contributed by atoms with Gasteiger partial charge in [-0.2, -0.15) is 0 Å². The molecule has 0 bridgehead atoms. The summed E-state index contributed by atoms with van der Waals surface area (Å²) in [7, 11) is 0. The van der Waals surface area contributed by atoms with Crippen LogP contribution in [0.5, 0.6) is 0 Å². The number of anilines is 1. The van der Waals surface area contributed by atoms with Crippen LogP contribution in [0.25, 0.3) is 0 Å². The van der Waals surface area contributed by atoms with E-state index in [0.29, 0.717) is 21.4 Å². The molecule has 1 aromatic heterocycles. The Labute approximate surface area is 132 Å². The molecule has 6 heteroatoms. The standard InChI is InChI=1S/C15H12Cl2N2O2/c16-11-3-1-10(2-4-11)13(20)6-8-15(21)19-14-7-5-12(17)9-18-14/h1-5,7,9H,6,8H2,(H,18,19,21). The summed E-state index contributed by atoms with van der Waals surface area (Å²) in [5.41, 5.74) is 0.539. The molecule has 0 fully saturated rings. The highest BCUT2D eigenvalue weighted by Crippen LogP contribution is 2.13. The van der Waals surface area contributed by atoms with E-state index in [1.165, 1.54) is 6.20 Å². The molecule has 0 spiro atoms. The number of nitrogens with one attached hydrogen (secondary N) is 1. The molecule has 0 aliphatic rings. The second kappa shape index (κ2) is 7.20. The predicted molar refractivity (Wildman–Crippen MR) is 82.9 cm³/mol. The van der Waals surface area contributed by atoms with Crippen molar-refractivity contribution in [3.05, 3.63) is 58.2 Å². The van der Waals surface area contributed by atoms with Crippen LogP contribution in [0, 0.1) is 0 Å². The van der Waals surface area contributed by atoms with Gasteiger partial charge >= 0.3 is 0 Å². The van der Waals surface area contributed by atoms with Crippen LogP contribution in [0.3, 0.4) is 0 Å². The molecule has 1 amide bonds. The third-order valence-electron chi connectivity index (χ3n) is 2.74. The summed E-state index contributed by atoms with van der Waals surface area (Å²) in [4.78, 5) is 27.6. The average Bonchev–Trinajstić information content (AvgIpc) is 2.48. The monoisotopic (exact) mass is 322 g/mol. The average molecular weight is 323 g/mol. The molecule has 2 rings (SSSR count). The van der Waals surface area contributed by atoms with E-state index >= 15 is 0 Å². The van der Waals surface area contributed by atoms with Crippen molar-refractivity contribution in [2.75, 3.05) is 5.32 Å². The Kier molecular flexibility index (Phi) is 5.31. The van der Waals surface area contributed by atoms with Gasteiger partial charge in [-0.3, -0.25) is 9.59 Å². The number of hydrogen-bond acceptors (Lipinski definition) is 3. The van der Waals surface area contributed by atoms with Gasteiger partial charge in [0.25, 0.3) is 0 Å². The van der Waals surface area contributed by atoms with E-state index in [-0.39, 0.29) is 24.5 Å². The Bertz CT molecular complexity index is 640. The number of hydrogen-bond donors (Lipinski definition) is 1. The molecule has 0 saturated heterocycles. The molecule has 0 radical (unpaired) electrons. The van der Waals surface area contributed by atoms with Crippen molar-refractivity contribution in [1.29, 1.82) is 0 Å². The number of aromatic nitrogens is 1. The first kappa shape index (κ1) is 15.5. The molecule has 0 saturated carbocycles.